The Morgan fingerprint density at radius 1 is 0.875 bits per heavy atom. The maximum atomic E-state index is 9.44. The molecule has 8 heavy (non-hydrogen) atoms. The Labute approximate surface area is 47.6 Å². The molecule has 0 aromatic carbocycles. The van der Waals surface area contributed by atoms with Crippen LogP contribution in [0.4, 0.5) is 0 Å². The van der Waals surface area contributed by atoms with E-state index in [-0.39, 0.29) is 27.7 Å². The van der Waals surface area contributed by atoms with Gasteiger partial charge in [-0.2, -0.15) is 0 Å². The zero-order valence-corrected chi connectivity index (χ0v) is 4.91. The van der Waals surface area contributed by atoms with E-state index in [0.29, 0.717) is 0 Å². The first-order valence-electron chi connectivity index (χ1n) is 1.20. The highest BCUT2D eigenvalue weighted by atomic mass is 16.1. The summed E-state index contributed by atoms with van der Waals surface area (Å²) in [5.41, 5.74) is 0. The molecule has 0 radical (unpaired) electrons. The van der Waals surface area contributed by atoms with Crippen LogP contribution in [0.1, 0.15) is 13.8 Å². The van der Waals surface area contributed by atoms with Crippen molar-refractivity contribution in [2.75, 3.05) is 0 Å². The zero-order chi connectivity index (χ0) is 3.58. The van der Waals surface area contributed by atoms with E-state index in [1.165, 1.54) is 13.8 Å². The van der Waals surface area contributed by atoms with E-state index in [9.17, 15) is 4.79 Å². The Kier molecular flexibility index (Phi) is 198. The molecule has 0 saturated heterocycles. The molecular formula is C3H14O5. The number of ketones is 1. The fraction of sp³-hybridized carbons (Fsp3) is 0.667. The summed E-state index contributed by atoms with van der Waals surface area (Å²) in [7, 11) is 0. The van der Waals surface area contributed by atoms with Crippen LogP contribution in [0.3, 0.4) is 0 Å². The van der Waals surface area contributed by atoms with Crippen molar-refractivity contribution in [3.8, 4) is 0 Å². The molecule has 5 heteroatoms. The second kappa shape index (κ2) is 31.4. The number of carbonyl (C=O) groups excluding carboxylic acids is 1. The Morgan fingerprint density at radius 3 is 0.875 bits per heavy atom. The lowest BCUT2D eigenvalue weighted by Gasteiger charge is -1.56. The van der Waals surface area contributed by atoms with Crippen LogP contribution in [-0.2, 0) is 4.79 Å². The molecule has 56 valence electrons. The molecule has 0 aliphatic heterocycles. The first-order chi connectivity index (χ1) is 1.73. The summed E-state index contributed by atoms with van der Waals surface area (Å²) in [5, 5.41) is 0. The van der Waals surface area contributed by atoms with Crippen molar-refractivity contribution in [3.63, 3.8) is 0 Å². The van der Waals surface area contributed by atoms with Gasteiger partial charge in [0.05, 0.1) is 0 Å². The average Bonchev–Trinajstić information content (AvgIpc) is 0.811. The number of hydrogen-bond acceptors (Lipinski definition) is 1. The highest BCUT2D eigenvalue weighted by molar-refractivity contribution is 5.72. The molecule has 0 heterocycles. The van der Waals surface area contributed by atoms with Gasteiger partial charge in [-0.15, -0.1) is 0 Å². The van der Waals surface area contributed by atoms with Gasteiger partial charge in [-0.05, 0) is 13.8 Å². The minimum atomic E-state index is 0. The highest BCUT2D eigenvalue weighted by Gasteiger charge is 1.62. The van der Waals surface area contributed by atoms with Gasteiger partial charge in [0.1, 0.15) is 5.78 Å². The standard InChI is InChI=1S/C3H6O.4H2O/c1-3(2)4;;;;/h1-2H3;4*1H2. The smallest absolute Gasteiger partial charge is 0.126 e. The molecular weight excluding hydrogens is 116 g/mol. The normalized spacial score (nSPS) is 3.25. The van der Waals surface area contributed by atoms with Crippen LogP contribution in [0, 0.1) is 0 Å². The lowest BCUT2D eigenvalue weighted by molar-refractivity contribution is -0.114. The maximum Gasteiger partial charge on any atom is 0.126 e. The fourth-order valence-corrected chi connectivity index (χ4v) is 0. The number of Topliss-reactive ketones (excluding diaryl/α,β-unsaturated/α-hetero) is 1. The molecule has 0 atom stereocenters. The van der Waals surface area contributed by atoms with Crippen LogP contribution in [0.2, 0.25) is 0 Å². The molecule has 0 aliphatic rings. The molecule has 0 aromatic rings. The van der Waals surface area contributed by atoms with Crippen molar-refractivity contribution in [2.24, 2.45) is 0 Å². The molecule has 0 bridgehead atoms. The summed E-state index contributed by atoms with van der Waals surface area (Å²) < 4.78 is 0. The Balaban J connectivity index is -0.00000000750. The van der Waals surface area contributed by atoms with Crippen LogP contribution in [0.5, 0.6) is 0 Å². The van der Waals surface area contributed by atoms with Gasteiger partial charge in [0.2, 0.25) is 0 Å². The average molecular weight is 130 g/mol. The SMILES string of the molecule is CC(C)=O.O.O.O.O. The van der Waals surface area contributed by atoms with Gasteiger partial charge in [0.25, 0.3) is 0 Å². The van der Waals surface area contributed by atoms with E-state index >= 15 is 0 Å². The molecule has 5 nitrogen and oxygen atoms in total. The van der Waals surface area contributed by atoms with E-state index in [1.807, 2.05) is 0 Å². The first kappa shape index (κ1) is 50.5. The third-order valence-electron chi connectivity index (χ3n) is 0. The highest BCUT2D eigenvalue weighted by Crippen LogP contribution is 1.50. The van der Waals surface area contributed by atoms with Crippen molar-refractivity contribution < 1.29 is 26.7 Å². The minimum absolute atomic E-state index is 0. The summed E-state index contributed by atoms with van der Waals surface area (Å²) in [4.78, 5) is 9.44. The van der Waals surface area contributed by atoms with E-state index in [2.05, 4.69) is 0 Å². The topological polar surface area (TPSA) is 143 Å². The Hall–Kier alpha value is -0.490. The van der Waals surface area contributed by atoms with Crippen LogP contribution < -0.4 is 0 Å². The molecule has 0 aliphatic carbocycles. The molecule has 0 rings (SSSR count). The van der Waals surface area contributed by atoms with Crippen molar-refractivity contribution in [1.29, 1.82) is 0 Å². The lowest BCUT2D eigenvalue weighted by Crippen LogP contribution is -1.69. The molecule has 0 fully saturated rings. The van der Waals surface area contributed by atoms with Gasteiger partial charge in [-0.3, -0.25) is 0 Å². The Morgan fingerprint density at radius 2 is 0.875 bits per heavy atom. The Bertz CT molecular complexity index is 30.7. The molecule has 0 spiro atoms. The summed E-state index contributed by atoms with van der Waals surface area (Å²) in [6, 6.07) is 0. The van der Waals surface area contributed by atoms with Gasteiger partial charge >= 0.3 is 0 Å². The summed E-state index contributed by atoms with van der Waals surface area (Å²) in [6.07, 6.45) is 0. The van der Waals surface area contributed by atoms with E-state index in [4.69, 9.17) is 0 Å². The van der Waals surface area contributed by atoms with Crippen molar-refractivity contribution in [2.45, 2.75) is 13.8 Å². The van der Waals surface area contributed by atoms with Gasteiger partial charge in [0, 0.05) is 0 Å². The van der Waals surface area contributed by atoms with Crippen LogP contribution >= 0.6 is 0 Å². The zero-order valence-electron chi connectivity index (χ0n) is 4.91. The fourth-order valence-electron chi connectivity index (χ4n) is 0. The molecule has 8 N–H and O–H groups in total. The lowest BCUT2D eigenvalue weighted by atomic mass is 10.6. The summed E-state index contributed by atoms with van der Waals surface area (Å²) in [5.74, 6) is 0.167. The number of carbonyl (C=O) groups is 1. The third kappa shape index (κ3) is 467. The van der Waals surface area contributed by atoms with Crippen molar-refractivity contribution in [1.82, 2.24) is 0 Å². The molecule has 0 unspecified atom stereocenters. The molecule has 0 saturated carbocycles. The second-order valence-corrected chi connectivity index (χ2v) is 0.908. The number of hydrogen-bond donors (Lipinski definition) is 0. The predicted octanol–water partition coefficient (Wildman–Crippen LogP) is -2.70. The van der Waals surface area contributed by atoms with E-state index in [0.717, 1.165) is 0 Å². The maximum absolute atomic E-state index is 9.44. The van der Waals surface area contributed by atoms with Crippen molar-refractivity contribution in [3.05, 3.63) is 0 Å². The van der Waals surface area contributed by atoms with Gasteiger partial charge in [-0.1, -0.05) is 0 Å². The van der Waals surface area contributed by atoms with Crippen molar-refractivity contribution >= 4 is 5.78 Å². The van der Waals surface area contributed by atoms with Crippen LogP contribution in [0.25, 0.3) is 0 Å². The van der Waals surface area contributed by atoms with Crippen LogP contribution in [0.15, 0.2) is 0 Å². The van der Waals surface area contributed by atoms with Gasteiger partial charge < -0.3 is 26.7 Å². The first-order valence-corrected chi connectivity index (χ1v) is 1.20. The minimum Gasteiger partial charge on any atom is -0.412 e. The van der Waals surface area contributed by atoms with Gasteiger partial charge in [-0.25, -0.2) is 0 Å². The molecule has 0 amide bonds. The monoisotopic (exact) mass is 130 g/mol. The van der Waals surface area contributed by atoms with Gasteiger partial charge in [0.15, 0.2) is 0 Å². The second-order valence-electron chi connectivity index (χ2n) is 0.908. The quantitative estimate of drug-likeness (QED) is 0.345. The van der Waals surface area contributed by atoms with Crippen LogP contribution in [-0.4, -0.2) is 27.7 Å². The third-order valence-corrected chi connectivity index (χ3v) is 0. The predicted molar refractivity (Wildman–Crippen MR) is 30.8 cm³/mol. The van der Waals surface area contributed by atoms with E-state index < -0.39 is 0 Å². The summed E-state index contributed by atoms with van der Waals surface area (Å²) in [6.45, 7) is 3.06. The summed E-state index contributed by atoms with van der Waals surface area (Å²) >= 11 is 0. The molecule has 0 aromatic heterocycles. The van der Waals surface area contributed by atoms with E-state index in [1.54, 1.807) is 0 Å². The largest absolute Gasteiger partial charge is 0.412 e. The number of rotatable bonds is 0.